The van der Waals surface area contributed by atoms with Crippen LogP contribution in [0.5, 0.6) is 0 Å². The normalized spacial score (nSPS) is 24.3. The molecule has 2 aromatic heterocycles. The van der Waals surface area contributed by atoms with E-state index >= 15 is 0 Å². The molecule has 5 heteroatoms. The van der Waals surface area contributed by atoms with Crippen molar-refractivity contribution in [2.24, 2.45) is 5.92 Å². The van der Waals surface area contributed by atoms with Crippen LogP contribution in [0.2, 0.25) is 0 Å². The molecule has 0 amide bonds. The Labute approximate surface area is 118 Å². The summed E-state index contributed by atoms with van der Waals surface area (Å²) < 4.78 is 2.22. The highest BCUT2D eigenvalue weighted by atomic mass is 32.1. The summed E-state index contributed by atoms with van der Waals surface area (Å²) in [5.41, 5.74) is 1.29. The number of imidazole rings is 1. The van der Waals surface area contributed by atoms with E-state index in [1.54, 1.807) is 11.3 Å². The number of anilines is 1. The molecule has 4 nitrogen and oxygen atoms in total. The molecule has 2 unspecified atom stereocenters. The Morgan fingerprint density at radius 3 is 3.11 bits per heavy atom. The fraction of sp³-hybridized carbons (Fsp3) is 0.643. The summed E-state index contributed by atoms with van der Waals surface area (Å²) >= 11 is 1.71. The molecule has 0 saturated carbocycles. The van der Waals surface area contributed by atoms with Gasteiger partial charge in [-0.25, -0.2) is 4.98 Å². The predicted octanol–water partition coefficient (Wildman–Crippen LogP) is 2.74. The zero-order chi connectivity index (χ0) is 13.4. The largest absolute Gasteiger partial charge is 0.352 e. The zero-order valence-electron chi connectivity index (χ0n) is 11.9. The van der Waals surface area contributed by atoms with Crippen LogP contribution < -0.4 is 10.2 Å². The minimum absolute atomic E-state index is 0.578. The highest BCUT2D eigenvalue weighted by molar-refractivity contribution is 7.15. The van der Waals surface area contributed by atoms with Crippen molar-refractivity contribution >= 4 is 22.1 Å². The molecule has 2 aromatic rings. The standard InChI is InChI=1S/C14H22N4S/c1-10-5-4-6-17(11(10)2)13-12(9-15-3)18-7-8-19-14(18)16-13/h7-8,10-11,15H,4-6,9H2,1-3H3. The Morgan fingerprint density at radius 2 is 2.32 bits per heavy atom. The van der Waals surface area contributed by atoms with Crippen LogP contribution in [0.4, 0.5) is 5.82 Å². The third-order valence-corrected chi connectivity index (χ3v) is 5.09. The Balaban J connectivity index is 2.03. The summed E-state index contributed by atoms with van der Waals surface area (Å²) in [5, 5.41) is 5.38. The van der Waals surface area contributed by atoms with Crippen molar-refractivity contribution in [3.05, 3.63) is 17.3 Å². The van der Waals surface area contributed by atoms with E-state index in [1.165, 1.54) is 24.4 Å². The average molecular weight is 278 g/mol. The number of aromatic nitrogens is 2. The lowest BCUT2D eigenvalue weighted by atomic mass is 9.92. The predicted molar refractivity (Wildman–Crippen MR) is 81.0 cm³/mol. The molecular weight excluding hydrogens is 256 g/mol. The molecular formula is C14H22N4S. The van der Waals surface area contributed by atoms with Crippen LogP contribution in [0.3, 0.4) is 0 Å². The van der Waals surface area contributed by atoms with Gasteiger partial charge in [0.2, 0.25) is 0 Å². The van der Waals surface area contributed by atoms with Gasteiger partial charge in [0.05, 0.1) is 5.69 Å². The number of fused-ring (bicyclic) bond motifs is 1. The van der Waals surface area contributed by atoms with Crippen molar-refractivity contribution in [2.45, 2.75) is 39.3 Å². The van der Waals surface area contributed by atoms with Gasteiger partial charge < -0.3 is 10.2 Å². The van der Waals surface area contributed by atoms with Gasteiger partial charge in [0.1, 0.15) is 0 Å². The smallest absolute Gasteiger partial charge is 0.195 e. The van der Waals surface area contributed by atoms with E-state index in [0.717, 1.165) is 24.0 Å². The molecule has 1 aliphatic rings. The van der Waals surface area contributed by atoms with E-state index in [9.17, 15) is 0 Å². The maximum atomic E-state index is 4.87. The molecule has 0 bridgehead atoms. The number of rotatable bonds is 3. The fourth-order valence-electron chi connectivity index (χ4n) is 3.02. The Hall–Kier alpha value is -1.07. The van der Waals surface area contributed by atoms with E-state index in [0.29, 0.717) is 6.04 Å². The summed E-state index contributed by atoms with van der Waals surface area (Å²) in [6.07, 6.45) is 4.73. The van der Waals surface area contributed by atoms with Gasteiger partial charge >= 0.3 is 0 Å². The molecule has 1 fully saturated rings. The van der Waals surface area contributed by atoms with Gasteiger partial charge in [-0.1, -0.05) is 6.92 Å². The first-order valence-electron chi connectivity index (χ1n) is 7.08. The monoisotopic (exact) mass is 278 g/mol. The van der Waals surface area contributed by atoms with E-state index in [2.05, 4.69) is 40.0 Å². The molecule has 0 aliphatic carbocycles. The average Bonchev–Trinajstić information content (AvgIpc) is 2.96. The number of hydrogen-bond acceptors (Lipinski definition) is 4. The van der Waals surface area contributed by atoms with Crippen LogP contribution in [0, 0.1) is 5.92 Å². The van der Waals surface area contributed by atoms with E-state index in [4.69, 9.17) is 4.98 Å². The lowest BCUT2D eigenvalue weighted by Crippen LogP contribution is -2.43. The Bertz CT molecular complexity index is 559. The molecule has 3 rings (SSSR count). The van der Waals surface area contributed by atoms with Crippen LogP contribution in [-0.4, -0.2) is 29.0 Å². The molecule has 1 saturated heterocycles. The van der Waals surface area contributed by atoms with E-state index < -0.39 is 0 Å². The van der Waals surface area contributed by atoms with Crippen LogP contribution in [0.25, 0.3) is 4.96 Å². The maximum absolute atomic E-state index is 4.87. The van der Waals surface area contributed by atoms with Crippen molar-refractivity contribution in [1.82, 2.24) is 14.7 Å². The molecule has 0 aromatic carbocycles. The third-order valence-electron chi connectivity index (χ3n) is 4.33. The first-order valence-corrected chi connectivity index (χ1v) is 7.96. The first kappa shape index (κ1) is 12.9. The second-order valence-corrected chi connectivity index (χ2v) is 6.39. The quantitative estimate of drug-likeness (QED) is 0.937. The Kier molecular flexibility index (Phi) is 3.50. The van der Waals surface area contributed by atoms with Crippen molar-refractivity contribution in [3.8, 4) is 0 Å². The van der Waals surface area contributed by atoms with Gasteiger partial charge in [0.25, 0.3) is 0 Å². The molecule has 104 valence electrons. The molecule has 0 spiro atoms. The third kappa shape index (κ3) is 2.15. The lowest BCUT2D eigenvalue weighted by Gasteiger charge is -2.38. The SMILES string of the molecule is CNCc1c(N2CCCC(C)C2C)nc2sccn12. The fourth-order valence-corrected chi connectivity index (χ4v) is 3.75. The minimum Gasteiger partial charge on any atom is -0.352 e. The molecule has 2 atom stereocenters. The van der Waals surface area contributed by atoms with Crippen molar-refractivity contribution < 1.29 is 0 Å². The van der Waals surface area contributed by atoms with E-state index in [-0.39, 0.29) is 0 Å². The Morgan fingerprint density at radius 1 is 1.47 bits per heavy atom. The topological polar surface area (TPSA) is 32.6 Å². The van der Waals surface area contributed by atoms with Gasteiger partial charge in [-0.2, -0.15) is 0 Å². The first-order chi connectivity index (χ1) is 9.22. The molecule has 1 N–H and O–H groups in total. The van der Waals surface area contributed by atoms with Crippen molar-refractivity contribution in [2.75, 3.05) is 18.5 Å². The number of piperidine rings is 1. The van der Waals surface area contributed by atoms with Crippen LogP contribution in [0.1, 0.15) is 32.4 Å². The lowest BCUT2D eigenvalue weighted by molar-refractivity contribution is 0.361. The highest BCUT2D eigenvalue weighted by Gasteiger charge is 2.28. The van der Waals surface area contributed by atoms with Gasteiger partial charge in [-0.3, -0.25) is 4.40 Å². The second-order valence-electron chi connectivity index (χ2n) is 5.52. The van der Waals surface area contributed by atoms with Crippen molar-refractivity contribution in [3.63, 3.8) is 0 Å². The van der Waals surface area contributed by atoms with Gasteiger partial charge in [-0.15, -0.1) is 11.3 Å². The number of nitrogens with one attached hydrogen (secondary N) is 1. The molecule has 3 heterocycles. The van der Waals surface area contributed by atoms with Gasteiger partial charge in [0, 0.05) is 30.7 Å². The van der Waals surface area contributed by atoms with E-state index in [1.807, 2.05) is 7.05 Å². The molecule has 0 radical (unpaired) electrons. The minimum atomic E-state index is 0.578. The summed E-state index contributed by atoms with van der Waals surface area (Å²) in [5.74, 6) is 1.93. The molecule has 19 heavy (non-hydrogen) atoms. The summed E-state index contributed by atoms with van der Waals surface area (Å²) in [4.78, 5) is 8.47. The van der Waals surface area contributed by atoms with Crippen LogP contribution in [-0.2, 0) is 6.54 Å². The summed E-state index contributed by atoms with van der Waals surface area (Å²) in [6.45, 7) is 6.69. The number of nitrogens with zero attached hydrogens (tertiary/aromatic N) is 3. The van der Waals surface area contributed by atoms with Crippen LogP contribution >= 0.6 is 11.3 Å². The van der Waals surface area contributed by atoms with Crippen LogP contribution in [0.15, 0.2) is 11.6 Å². The van der Waals surface area contributed by atoms with Gasteiger partial charge in [-0.05, 0) is 32.7 Å². The number of thiazole rings is 1. The van der Waals surface area contributed by atoms with Gasteiger partial charge in [0.15, 0.2) is 10.8 Å². The summed E-state index contributed by atoms with van der Waals surface area (Å²) in [6, 6.07) is 0.578. The summed E-state index contributed by atoms with van der Waals surface area (Å²) in [7, 11) is 2.00. The number of hydrogen-bond donors (Lipinski definition) is 1. The highest BCUT2D eigenvalue weighted by Crippen LogP contribution is 2.31. The molecule has 1 aliphatic heterocycles. The maximum Gasteiger partial charge on any atom is 0.195 e. The second kappa shape index (κ2) is 5.13. The van der Waals surface area contributed by atoms with Crippen molar-refractivity contribution in [1.29, 1.82) is 0 Å². The zero-order valence-corrected chi connectivity index (χ0v) is 12.7.